The van der Waals surface area contributed by atoms with Crippen LogP contribution >= 0.6 is 0 Å². The van der Waals surface area contributed by atoms with E-state index in [1.807, 2.05) is 0 Å². The molecule has 0 aliphatic carbocycles. The van der Waals surface area contributed by atoms with Crippen molar-refractivity contribution in [2.45, 2.75) is 52.4 Å². The van der Waals surface area contributed by atoms with Gasteiger partial charge in [-0.1, -0.05) is 39.5 Å². The van der Waals surface area contributed by atoms with Crippen LogP contribution < -0.4 is 11.1 Å². The van der Waals surface area contributed by atoms with E-state index in [0.717, 1.165) is 19.0 Å². The van der Waals surface area contributed by atoms with E-state index < -0.39 is 0 Å². The molecule has 90 valence electrons. The van der Waals surface area contributed by atoms with E-state index >= 15 is 0 Å². The molecule has 15 heavy (non-hydrogen) atoms. The topological polar surface area (TPSA) is 55.1 Å². The Hall–Kier alpha value is -0.570. The number of primary amides is 1. The van der Waals surface area contributed by atoms with Gasteiger partial charge in [-0.05, 0) is 18.9 Å². The first-order valence-electron chi connectivity index (χ1n) is 6.12. The predicted molar refractivity (Wildman–Crippen MR) is 64.6 cm³/mol. The molecular weight excluding hydrogens is 188 g/mol. The van der Waals surface area contributed by atoms with Crippen LogP contribution in [0.4, 0.5) is 0 Å². The van der Waals surface area contributed by atoms with Crippen LogP contribution in [0.2, 0.25) is 0 Å². The number of nitrogens with one attached hydrogen (secondary N) is 1. The fraction of sp³-hybridized carbons (Fsp3) is 0.917. The third kappa shape index (κ3) is 13.4. The molecule has 0 aliphatic rings. The van der Waals surface area contributed by atoms with Gasteiger partial charge in [0.15, 0.2) is 0 Å². The van der Waals surface area contributed by atoms with Gasteiger partial charge in [-0.3, -0.25) is 4.79 Å². The van der Waals surface area contributed by atoms with Crippen molar-refractivity contribution in [2.24, 2.45) is 11.7 Å². The van der Waals surface area contributed by atoms with Gasteiger partial charge in [-0.15, -0.1) is 0 Å². The molecule has 0 bridgehead atoms. The van der Waals surface area contributed by atoms with Crippen molar-refractivity contribution in [3.8, 4) is 0 Å². The van der Waals surface area contributed by atoms with E-state index in [4.69, 9.17) is 5.73 Å². The Labute approximate surface area is 93.8 Å². The summed E-state index contributed by atoms with van der Waals surface area (Å²) in [5.41, 5.74) is 5.02. The first-order chi connectivity index (χ1) is 7.13. The van der Waals surface area contributed by atoms with Crippen LogP contribution in [0.15, 0.2) is 0 Å². The quantitative estimate of drug-likeness (QED) is 0.547. The highest BCUT2D eigenvalue weighted by atomic mass is 16.1. The van der Waals surface area contributed by atoms with E-state index in [0.29, 0.717) is 6.42 Å². The minimum atomic E-state index is -0.223. The summed E-state index contributed by atoms with van der Waals surface area (Å²) in [6, 6.07) is 0. The SMILES string of the molecule is CC(C)CCCCCCNCCC(N)=O. The fourth-order valence-corrected chi connectivity index (χ4v) is 1.49. The van der Waals surface area contributed by atoms with Crippen molar-refractivity contribution in [1.82, 2.24) is 5.32 Å². The monoisotopic (exact) mass is 214 g/mol. The van der Waals surface area contributed by atoms with Crippen LogP contribution in [-0.2, 0) is 4.79 Å². The molecule has 3 N–H and O–H groups in total. The zero-order valence-electron chi connectivity index (χ0n) is 10.2. The second kappa shape index (κ2) is 9.97. The van der Waals surface area contributed by atoms with Crippen LogP contribution in [0.25, 0.3) is 0 Å². The summed E-state index contributed by atoms with van der Waals surface area (Å²) < 4.78 is 0. The number of hydrogen-bond acceptors (Lipinski definition) is 2. The lowest BCUT2D eigenvalue weighted by Gasteiger charge is -2.05. The Morgan fingerprint density at radius 1 is 1.13 bits per heavy atom. The second-order valence-corrected chi connectivity index (χ2v) is 4.56. The van der Waals surface area contributed by atoms with E-state index in [-0.39, 0.29) is 5.91 Å². The summed E-state index contributed by atoms with van der Waals surface area (Å²) in [6.07, 6.45) is 6.96. The van der Waals surface area contributed by atoms with Crippen LogP contribution in [0, 0.1) is 5.92 Å². The molecule has 0 saturated heterocycles. The molecule has 0 unspecified atom stereocenters. The predicted octanol–water partition coefficient (Wildman–Crippen LogP) is 2.06. The average molecular weight is 214 g/mol. The van der Waals surface area contributed by atoms with E-state index in [1.54, 1.807) is 0 Å². The van der Waals surface area contributed by atoms with Gasteiger partial charge in [0.05, 0.1) is 0 Å². The lowest BCUT2D eigenvalue weighted by molar-refractivity contribution is -0.117. The number of hydrogen-bond donors (Lipinski definition) is 2. The first-order valence-corrected chi connectivity index (χ1v) is 6.12. The Bertz CT molecular complexity index is 158. The molecule has 0 aromatic heterocycles. The van der Waals surface area contributed by atoms with Crippen molar-refractivity contribution >= 4 is 5.91 Å². The molecule has 0 saturated carbocycles. The average Bonchev–Trinajstić information content (AvgIpc) is 2.14. The number of rotatable bonds is 10. The van der Waals surface area contributed by atoms with Gasteiger partial charge >= 0.3 is 0 Å². The fourth-order valence-electron chi connectivity index (χ4n) is 1.49. The molecule has 0 fully saturated rings. The highest BCUT2D eigenvalue weighted by molar-refractivity contribution is 5.73. The number of nitrogens with two attached hydrogens (primary N) is 1. The van der Waals surface area contributed by atoms with Gasteiger partial charge < -0.3 is 11.1 Å². The maximum atomic E-state index is 10.4. The van der Waals surface area contributed by atoms with Crippen molar-refractivity contribution in [1.29, 1.82) is 0 Å². The van der Waals surface area contributed by atoms with Crippen LogP contribution in [0.5, 0.6) is 0 Å². The Kier molecular flexibility index (Phi) is 9.59. The van der Waals surface area contributed by atoms with Gasteiger partial charge in [0.2, 0.25) is 5.91 Å². The maximum Gasteiger partial charge on any atom is 0.218 e. The standard InChI is InChI=1S/C12H26N2O/c1-11(2)7-5-3-4-6-9-14-10-8-12(13)15/h11,14H,3-10H2,1-2H3,(H2,13,15). The van der Waals surface area contributed by atoms with Crippen LogP contribution in [0.3, 0.4) is 0 Å². The van der Waals surface area contributed by atoms with E-state index in [1.165, 1.54) is 32.1 Å². The Morgan fingerprint density at radius 2 is 1.80 bits per heavy atom. The van der Waals surface area contributed by atoms with Crippen molar-refractivity contribution in [3.63, 3.8) is 0 Å². The third-order valence-corrected chi connectivity index (χ3v) is 2.43. The van der Waals surface area contributed by atoms with Crippen molar-refractivity contribution in [3.05, 3.63) is 0 Å². The van der Waals surface area contributed by atoms with Gasteiger partial charge in [-0.2, -0.15) is 0 Å². The Balaban J connectivity index is 2.96. The molecule has 0 aromatic rings. The maximum absolute atomic E-state index is 10.4. The zero-order valence-corrected chi connectivity index (χ0v) is 10.2. The van der Waals surface area contributed by atoms with Gasteiger partial charge in [0, 0.05) is 13.0 Å². The second-order valence-electron chi connectivity index (χ2n) is 4.56. The van der Waals surface area contributed by atoms with Crippen molar-refractivity contribution < 1.29 is 4.79 Å². The third-order valence-electron chi connectivity index (χ3n) is 2.43. The zero-order chi connectivity index (χ0) is 11.5. The molecule has 0 radical (unpaired) electrons. The molecule has 0 rings (SSSR count). The van der Waals surface area contributed by atoms with E-state index in [2.05, 4.69) is 19.2 Å². The molecule has 3 nitrogen and oxygen atoms in total. The number of carbonyl (C=O) groups excluding carboxylic acids is 1. The van der Waals surface area contributed by atoms with E-state index in [9.17, 15) is 4.79 Å². The molecule has 1 amide bonds. The molecule has 0 spiro atoms. The first kappa shape index (κ1) is 14.4. The lowest BCUT2D eigenvalue weighted by atomic mass is 10.0. The highest BCUT2D eigenvalue weighted by Crippen LogP contribution is 2.08. The summed E-state index contributed by atoms with van der Waals surface area (Å²) in [4.78, 5) is 10.4. The van der Waals surface area contributed by atoms with Gasteiger partial charge in [-0.25, -0.2) is 0 Å². The number of unbranched alkanes of at least 4 members (excludes halogenated alkanes) is 3. The van der Waals surface area contributed by atoms with Gasteiger partial charge in [0.25, 0.3) is 0 Å². The molecular formula is C12H26N2O. The molecule has 0 aromatic carbocycles. The lowest BCUT2D eigenvalue weighted by Crippen LogP contribution is -2.22. The number of carbonyl (C=O) groups is 1. The summed E-state index contributed by atoms with van der Waals surface area (Å²) in [5, 5.41) is 3.22. The largest absolute Gasteiger partial charge is 0.370 e. The van der Waals surface area contributed by atoms with Crippen LogP contribution in [-0.4, -0.2) is 19.0 Å². The minimum Gasteiger partial charge on any atom is -0.370 e. The number of amides is 1. The minimum absolute atomic E-state index is 0.223. The Morgan fingerprint density at radius 3 is 2.40 bits per heavy atom. The normalized spacial score (nSPS) is 10.9. The molecule has 0 aliphatic heterocycles. The summed E-state index contributed by atoms with van der Waals surface area (Å²) in [6.45, 7) is 6.27. The summed E-state index contributed by atoms with van der Waals surface area (Å²) >= 11 is 0. The smallest absolute Gasteiger partial charge is 0.218 e. The molecule has 0 heterocycles. The van der Waals surface area contributed by atoms with Gasteiger partial charge in [0.1, 0.15) is 0 Å². The van der Waals surface area contributed by atoms with Crippen LogP contribution in [0.1, 0.15) is 52.4 Å². The molecule has 3 heteroatoms. The van der Waals surface area contributed by atoms with Crippen molar-refractivity contribution in [2.75, 3.05) is 13.1 Å². The summed E-state index contributed by atoms with van der Waals surface area (Å²) in [5.74, 6) is 0.609. The summed E-state index contributed by atoms with van der Waals surface area (Å²) in [7, 11) is 0. The molecule has 0 atom stereocenters. The highest BCUT2D eigenvalue weighted by Gasteiger charge is 1.95.